The minimum absolute atomic E-state index is 0.0159. The van der Waals surface area contributed by atoms with Crippen LogP contribution < -0.4 is 10.2 Å². The molecule has 0 aliphatic heterocycles. The number of aromatic hydroxyl groups is 1. The normalized spacial score (nSPS) is 27.6. The fourth-order valence-electron chi connectivity index (χ4n) is 6.15. The number of hydrogen-bond donors (Lipinski definition) is 5. The molecule has 1 fully saturated rings. The van der Waals surface area contributed by atoms with Crippen molar-refractivity contribution >= 4 is 23.0 Å². The Kier molecular flexibility index (Phi) is 6.72. The third-order valence-electron chi connectivity index (χ3n) is 7.83. The highest BCUT2D eigenvalue weighted by Gasteiger charge is 2.61. The van der Waals surface area contributed by atoms with Crippen LogP contribution in [-0.2, 0) is 22.6 Å². The number of aliphatic hydroxyl groups is 3. The zero-order valence-corrected chi connectivity index (χ0v) is 22.7. The fraction of sp³-hybridized carbons (Fsp3) is 0.571. The Bertz CT molecular complexity index is 1210. The van der Waals surface area contributed by atoms with Crippen LogP contribution in [0, 0.1) is 17.3 Å². The molecule has 4 rings (SSSR count). The molecule has 0 radical (unpaired) electrons. The van der Waals surface area contributed by atoms with Gasteiger partial charge in [-0.15, -0.1) is 0 Å². The third kappa shape index (κ3) is 4.32. The van der Waals surface area contributed by atoms with Gasteiger partial charge in [0.2, 0.25) is 5.78 Å². The molecule has 202 valence electrons. The number of Topliss-reactive ketones (excluding diaryl/α,β-unsaturated/α-hetero) is 1. The maximum absolute atomic E-state index is 13.8. The number of aliphatic hydroxyl groups excluding tert-OH is 2. The van der Waals surface area contributed by atoms with Crippen molar-refractivity contribution in [2.45, 2.75) is 51.8 Å². The van der Waals surface area contributed by atoms with Crippen LogP contribution in [0.3, 0.4) is 0 Å². The Morgan fingerprint density at radius 1 is 1.11 bits per heavy atom. The second-order valence-electron chi connectivity index (χ2n) is 12.3. The number of carbonyl (C=O) groups excluding carboxylic acids is 2. The smallest absolute Gasteiger partial charge is 0.202 e. The first-order valence-corrected chi connectivity index (χ1v) is 12.7. The number of likely N-dealkylation sites (N-methyl/N-ethyl adjacent to an activating group) is 1. The Labute approximate surface area is 218 Å². The first-order chi connectivity index (χ1) is 17.1. The molecule has 1 aromatic rings. The monoisotopic (exact) mass is 513 g/mol. The summed E-state index contributed by atoms with van der Waals surface area (Å²) in [6.07, 6.45) is 1.45. The highest BCUT2D eigenvalue weighted by molar-refractivity contribution is 6.13. The van der Waals surface area contributed by atoms with Crippen molar-refractivity contribution in [3.63, 3.8) is 0 Å². The quantitative estimate of drug-likeness (QED) is 0.402. The van der Waals surface area contributed by atoms with E-state index in [9.17, 15) is 30.0 Å². The van der Waals surface area contributed by atoms with E-state index in [2.05, 4.69) is 26.1 Å². The molecular formula is C28H39N3O6. The lowest BCUT2D eigenvalue weighted by Crippen LogP contribution is -2.64. The number of rotatable bonds is 5. The summed E-state index contributed by atoms with van der Waals surface area (Å²) in [7, 11) is 7.15. The average molecular weight is 514 g/mol. The van der Waals surface area contributed by atoms with E-state index in [4.69, 9.17) is 0 Å². The molecule has 0 unspecified atom stereocenters. The summed E-state index contributed by atoms with van der Waals surface area (Å²) < 4.78 is 0. The van der Waals surface area contributed by atoms with Crippen LogP contribution in [0.25, 0.3) is 5.76 Å². The highest BCUT2D eigenvalue weighted by Crippen LogP contribution is 2.53. The van der Waals surface area contributed by atoms with Crippen molar-refractivity contribution < 1.29 is 30.0 Å². The van der Waals surface area contributed by atoms with Crippen LogP contribution in [0.2, 0.25) is 0 Å². The van der Waals surface area contributed by atoms with Gasteiger partial charge in [-0.05, 0) is 49.9 Å². The number of nitrogens with zero attached hydrogens (tertiary/aromatic N) is 2. The zero-order valence-electron chi connectivity index (χ0n) is 22.7. The summed E-state index contributed by atoms with van der Waals surface area (Å²) in [5.41, 5.74) is -0.0336. The standard InChI is InChI=1S/C28H39N3O6/c1-27(2,3)13-29-12-15-10-18(30(4)5)16-8-14-9-17-23(31(6)7)19(32)11-20(33)28(17,37)26(36)21(14)25(35)22(16)24(15)34/h10-11,14,17,23,29,33-35,37H,8-9,12-13H2,1-7H3/t14-,17-,23-,28+/m0/s1. The number of benzene rings is 1. The predicted octanol–water partition coefficient (Wildman–Crippen LogP) is 2.31. The van der Waals surface area contributed by atoms with E-state index in [1.165, 1.54) is 0 Å². The molecule has 3 aliphatic rings. The van der Waals surface area contributed by atoms with Crippen molar-refractivity contribution in [2.75, 3.05) is 39.6 Å². The molecule has 1 aromatic carbocycles. The summed E-state index contributed by atoms with van der Waals surface area (Å²) in [5.74, 6) is -3.77. The second-order valence-corrected chi connectivity index (χ2v) is 12.3. The number of nitrogens with one attached hydrogen (secondary N) is 1. The van der Waals surface area contributed by atoms with E-state index >= 15 is 0 Å². The van der Waals surface area contributed by atoms with Gasteiger partial charge in [0.15, 0.2) is 11.4 Å². The van der Waals surface area contributed by atoms with Gasteiger partial charge in [-0.2, -0.15) is 0 Å². The van der Waals surface area contributed by atoms with Crippen LogP contribution in [0.4, 0.5) is 5.69 Å². The SMILES string of the molecule is CN(C)c1cc(CNCC(C)(C)C)c(O)c2c1C[C@H]1C[C@H]3[C@H](N(C)C)C(=O)C=C(O)[C@@]3(O)C(=O)C1=C2O. The van der Waals surface area contributed by atoms with Crippen LogP contribution in [0.5, 0.6) is 5.75 Å². The maximum Gasteiger partial charge on any atom is 0.202 e. The molecule has 0 saturated heterocycles. The second kappa shape index (κ2) is 9.15. The first kappa shape index (κ1) is 27.2. The molecule has 3 aliphatic carbocycles. The maximum atomic E-state index is 13.8. The van der Waals surface area contributed by atoms with Gasteiger partial charge >= 0.3 is 0 Å². The number of ketones is 2. The van der Waals surface area contributed by atoms with E-state index in [-0.39, 0.29) is 40.3 Å². The van der Waals surface area contributed by atoms with Crippen molar-refractivity contribution in [2.24, 2.45) is 17.3 Å². The van der Waals surface area contributed by atoms with Crippen LogP contribution in [0.1, 0.15) is 43.9 Å². The topological polar surface area (TPSA) is 134 Å². The van der Waals surface area contributed by atoms with Gasteiger partial charge in [0.05, 0.1) is 11.6 Å². The van der Waals surface area contributed by atoms with Crippen molar-refractivity contribution in [3.05, 3.63) is 40.2 Å². The summed E-state index contributed by atoms with van der Waals surface area (Å²) in [5, 5.41) is 48.3. The highest BCUT2D eigenvalue weighted by atomic mass is 16.3. The van der Waals surface area contributed by atoms with Gasteiger partial charge in [0.25, 0.3) is 0 Å². The molecule has 0 amide bonds. The number of phenols is 1. The molecule has 0 heterocycles. The Morgan fingerprint density at radius 2 is 1.76 bits per heavy atom. The number of fused-ring (bicyclic) bond motifs is 3. The number of phenolic OH excluding ortho intramolecular Hbond substituents is 1. The number of hydrogen-bond acceptors (Lipinski definition) is 9. The molecule has 37 heavy (non-hydrogen) atoms. The number of anilines is 1. The molecular weight excluding hydrogens is 474 g/mol. The molecule has 0 spiro atoms. The molecule has 9 heteroatoms. The fourth-order valence-corrected chi connectivity index (χ4v) is 6.15. The Morgan fingerprint density at radius 3 is 2.32 bits per heavy atom. The predicted molar refractivity (Wildman–Crippen MR) is 142 cm³/mol. The average Bonchev–Trinajstić information content (AvgIpc) is 2.76. The van der Waals surface area contributed by atoms with Gasteiger partial charge < -0.3 is 30.6 Å². The van der Waals surface area contributed by atoms with E-state index in [0.717, 1.165) is 11.8 Å². The van der Waals surface area contributed by atoms with Crippen molar-refractivity contribution in [1.82, 2.24) is 10.2 Å². The summed E-state index contributed by atoms with van der Waals surface area (Å²) in [6, 6.07) is 1.10. The van der Waals surface area contributed by atoms with E-state index < -0.39 is 35.0 Å². The van der Waals surface area contributed by atoms with Crippen LogP contribution >= 0.6 is 0 Å². The molecule has 0 bridgehead atoms. The lowest BCUT2D eigenvalue weighted by atomic mass is 9.58. The largest absolute Gasteiger partial charge is 0.509 e. The minimum Gasteiger partial charge on any atom is -0.509 e. The lowest BCUT2D eigenvalue weighted by Gasteiger charge is -2.49. The van der Waals surface area contributed by atoms with E-state index in [1.54, 1.807) is 19.0 Å². The Hall–Kier alpha value is -2.88. The van der Waals surface area contributed by atoms with E-state index in [1.807, 2.05) is 25.1 Å². The van der Waals surface area contributed by atoms with Gasteiger partial charge in [-0.3, -0.25) is 14.5 Å². The molecule has 5 N–H and O–H groups in total. The van der Waals surface area contributed by atoms with Crippen LogP contribution in [0.15, 0.2) is 23.5 Å². The molecule has 0 aromatic heterocycles. The molecule has 9 nitrogen and oxygen atoms in total. The van der Waals surface area contributed by atoms with Gasteiger partial charge in [-0.25, -0.2) is 0 Å². The van der Waals surface area contributed by atoms with Gasteiger partial charge in [0.1, 0.15) is 17.3 Å². The zero-order chi connectivity index (χ0) is 27.6. The van der Waals surface area contributed by atoms with Crippen molar-refractivity contribution in [3.8, 4) is 5.75 Å². The lowest BCUT2D eigenvalue weighted by molar-refractivity contribution is -0.152. The summed E-state index contributed by atoms with van der Waals surface area (Å²) in [4.78, 5) is 30.1. The Balaban J connectivity index is 1.86. The minimum atomic E-state index is -2.33. The number of carbonyl (C=O) groups is 2. The summed E-state index contributed by atoms with van der Waals surface area (Å²) >= 11 is 0. The van der Waals surface area contributed by atoms with Gasteiger partial charge in [-0.1, -0.05) is 20.8 Å². The first-order valence-electron chi connectivity index (χ1n) is 12.7. The molecule has 4 atom stereocenters. The van der Waals surface area contributed by atoms with Crippen molar-refractivity contribution in [1.29, 1.82) is 0 Å². The van der Waals surface area contributed by atoms with Crippen LogP contribution in [-0.4, -0.2) is 83.3 Å². The molecule has 1 saturated carbocycles. The van der Waals surface area contributed by atoms with Gasteiger partial charge in [0, 0.05) is 56.0 Å². The summed E-state index contributed by atoms with van der Waals surface area (Å²) in [6.45, 7) is 7.37. The third-order valence-corrected chi connectivity index (χ3v) is 7.83. The van der Waals surface area contributed by atoms with E-state index in [0.29, 0.717) is 30.6 Å².